The second-order valence-corrected chi connectivity index (χ2v) is 4.64. The number of nitrogens with one attached hydrogen (secondary N) is 1. The minimum atomic E-state index is 0.196. The van der Waals surface area contributed by atoms with Crippen LogP contribution in [0, 0.1) is 0 Å². The lowest BCUT2D eigenvalue weighted by Gasteiger charge is -2.18. The van der Waals surface area contributed by atoms with E-state index in [0.29, 0.717) is 12.5 Å². The molecule has 19 heavy (non-hydrogen) atoms. The lowest BCUT2D eigenvalue weighted by Crippen LogP contribution is -2.21. The molecule has 0 spiro atoms. The number of hydrogen-bond acceptors (Lipinski definition) is 2. The zero-order valence-corrected chi connectivity index (χ0v) is 11.1. The van der Waals surface area contributed by atoms with Crippen LogP contribution in [0.25, 0.3) is 0 Å². The maximum Gasteiger partial charge on any atom is 0.0555 e. The van der Waals surface area contributed by atoms with Gasteiger partial charge in [0.05, 0.1) is 6.61 Å². The second kappa shape index (κ2) is 7.72. The molecule has 0 aliphatic carbocycles. The molecule has 0 aliphatic rings. The number of benzene rings is 2. The van der Waals surface area contributed by atoms with Crippen molar-refractivity contribution in [1.29, 1.82) is 0 Å². The SMILES string of the molecule is OCCNCCC(c1ccccc1)c1ccccc1. The number of aliphatic hydroxyl groups excluding tert-OH is 1. The van der Waals surface area contributed by atoms with Crippen LogP contribution in [0.1, 0.15) is 23.5 Å². The third-order valence-corrected chi connectivity index (χ3v) is 3.30. The fraction of sp³-hybridized carbons (Fsp3) is 0.294. The van der Waals surface area contributed by atoms with Gasteiger partial charge in [0.2, 0.25) is 0 Å². The van der Waals surface area contributed by atoms with Crippen molar-refractivity contribution in [2.75, 3.05) is 19.7 Å². The molecule has 0 heterocycles. The van der Waals surface area contributed by atoms with Crippen molar-refractivity contribution < 1.29 is 5.11 Å². The molecule has 0 bridgehead atoms. The van der Waals surface area contributed by atoms with Crippen molar-refractivity contribution in [2.45, 2.75) is 12.3 Å². The highest BCUT2D eigenvalue weighted by Gasteiger charge is 2.12. The molecule has 2 rings (SSSR count). The Morgan fingerprint density at radius 2 is 1.32 bits per heavy atom. The van der Waals surface area contributed by atoms with Crippen LogP contribution in [0.2, 0.25) is 0 Å². The van der Waals surface area contributed by atoms with E-state index in [2.05, 4.69) is 66.0 Å². The summed E-state index contributed by atoms with van der Waals surface area (Å²) in [7, 11) is 0. The average Bonchev–Trinajstić information content (AvgIpc) is 2.49. The molecular weight excluding hydrogens is 234 g/mol. The molecule has 2 aromatic carbocycles. The molecule has 2 heteroatoms. The van der Waals surface area contributed by atoms with E-state index < -0.39 is 0 Å². The van der Waals surface area contributed by atoms with Crippen molar-refractivity contribution in [2.24, 2.45) is 0 Å². The van der Waals surface area contributed by atoms with Gasteiger partial charge in [0.15, 0.2) is 0 Å². The van der Waals surface area contributed by atoms with Crippen LogP contribution in [-0.2, 0) is 0 Å². The van der Waals surface area contributed by atoms with Gasteiger partial charge in [-0.05, 0) is 24.1 Å². The molecule has 0 aliphatic heterocycles. The summed E-state index contributed by atoms with van der Waals surface area (Å²) in [5, 5.41) is 12.1. The minimum absolute atomic E-state index is 0.196. The number of rotatable bonds is 7. The highest BCUT2D eigenvalue weighted by atomic mass is 16.3. The Morgan fingerprint density at radius 1 is 0.789 bits per heavy atom. The normalized spacial score (nSPS) is 10.8. The Hall–Kier alpha value is -1.64. The van der Waals surface area contributed by atoms with Crippen LogP contribution in [0.15, 0.2) is 60.7 Å². The van der Waals surface area contributed by atoms with E-state index in [0.717, 1.165) is 13.0 Å². The van der Waals surface area contributed by atoms with Crippen molar-refractivity contribution in [3.63, 3.8) is 0 Å². The van der Waals surface area contributed by atoms with E-state index in [4.69, 9.17) is 5.11 Å². The van der Waals surface area contributed by atoms with E-state index >= 15 is 0 Å². The van der Waals surface area contributed by atoms with Crippen LogP contribution in [0.4, 0.5) is 0 Å². The summed E-state index contributed by atoms with van der Waals surface area (Å²) in [6.07, 6.45) is 1.04. The maximum absolute atomic E-state index is 8.80. The third kappa shape index (κ3) is 4.19. The minimum Gasteiger partial charge on any atom is -0.395 e. The van der Waals surface area contributed by atoms with E-state index in [-0.39, 0.29) is 6.61 Å². The molecule has 100 valence electrons. The topological polar surface area (TPSA) is 32.3 Å². The van der Waals surface area contributed by atoms with Crippen molar-refractivity contribution in [3.8, 4) is 0 Å². The van der Waals surface area contributed by atoms with Gasteiger partial charge in [0, 0.05) is 12.5 Å². The standard InChI is InChI=1S/C17H21NO/c19-14-13-18-12-11-17(15-7-3-1-4-8-15)16-9-5-2-6-10-16/h1-10,17-19H,11-14H2. The first-order valence-electron chi connectivity index (χ1n) is 6.83. The molecule has 0 saturated carbocycles. The van der Waals surface area contributed by atoms with Gasteiger partial charge >= 0.3 is 0 Å². The van der Waals surface area contributed by atoms with Gasteiger partial charge < -0.3 is 10.4 Å². The Balaban J connectivity index is 2.10. The zero-order valence-electron chi connectivity index (χ0n) is 11.1. The molecule has 2 nitrogen and oxygen atoms in total. The highest BCUT2D eigenvalue weighted by Crippen LogP contribution is 2.27. The first kappa shape index (κ1) is 13.8. The summed E-state index contributed by atoms with van der Waals surface area (Å²) < 4.78 is 0. The van der Waals surface area contributed by atoms with Crippen LogP contribution in [0.3, 0.4) is 0 Å². The lowest BCUT2D eigenvalue weighted by atomic mass is 9.88. The van der Waals surface area contributed by atoms with E-state index in [1.165, 1.54) is 11.1 Å². The fourth-order valence-corrected chi connectivity index (χ4v) is 2.35. The van der Waals surface area contributed by atoms with Gasteiger partial charge in [0.25, 0.3) is 0 Å². The second-order valence-electron chi connectivity index (χ2n) is 4.64. The van der Waals surface area contributed by atoms with Crippen LogP contribution in [-0.4, -0.2) is 24.8 Å². The van der Waals surface area contributed by atoms with E-state index in [1.54, 1.807) is 0 Å². The molecule has 0 unspecified atom stereocenters. The summed E-state index contributed by atoms with van der Waals surface area (Å²) in [5.41, 5.74) is 2.69. The van der Waals surface area contributed by atoms with Gasteiger partial charge in [-0.1, -0.05) is 60.7 Å². The van der Waals surface area contributed by atoms with Crippen LogP contribution < -0.4 is 5.32 Å². The smallest absolute Gasteiger partial charge is 0.0555 e. The average molecular weight is 255 g/mol. The molecule has 0 aromatic heterocycles. The third-order valence-electron chi connectivity index (χ3n) is 3.30. The molecule has 0 saturated heterocycles. The van der Waals surface area contributed by atoms with Gasteiger partial charge in [-0.15, -0.1) is 0 Å². The Bertz CT molecular complexity index is 416. The number of hydrogen-bond donors (Lipinski definition) is 2. The van der Waals surface area contributed by atoms with Crippen LogP contribution >= 0.6 is 0 Å². The van der Waals surface area contributed by atoms with Gasteiger partial charge in [0.1, 0.15) is 0 Å². The summed E-state index contributed by atoms with van der Waals surface area (Å²) in [5.74, 6) is 0.411. The monoisotopic (exact) mass is 255 g/mol. The van der Waals surface area contributed by atoms with Gasteiger partial charge in [-0.2, -0.15) is 0 Å². The molecule has 0 fully saturated rings. The Kier molecular flexibility index (Phi) is 5.60. The molecule has 0 atom stereocenters. The highest BCUT2D eigenvalue weighted by molar-refractivity contribution is 5.32. The summed E-state index contributed by atoms with van der Waals surface area (Å²) in [4.78, 5) is 0. The summed E-state index contributed by atoms with van der Waals surface area (Å²) in [6.45, 7) is 1.77. The van der Waals surface area contributed by atoms with Gasteiger partial charge in [-0.25, -0.2) is 0 Å². The molecule has 0 amide bonds. The Morgan fingerprint density at radius 3 is 1.79 bits per heavy atom. The summed E-state index contributed by atoms with van der Waals surface area (Å²) >= 11 is 0. The van der Waals surface area contributed by atoms with Crippen molar-refractivity contribution in [3.05, 3.63) is 71.8 Å². The molecular formula is C17H21NO. The zero-order chi connectivity index (χ0) is 13.3. The van der Waals surface area contributed by atoms with E-state index in [9.17, 15) is 0 Å². The maximum atomic E-state index is 8.80. The van der Waals surface area contributed by atoms with Gasteiger partial charge in [-0.3, -0.25) is 0 Å². The van der Waals surface area contributed by atoms with E-state index in [1.807, 2.05) is 0 Å². The Labute approximate surface area is 115 Å². The predicted octanol–water partition coefficient (Wildman–Crippen LogP) is 2.79. The molecule has 2 N–H and O–H groups in total. The van der Waals surface area contributed by atoms with Crippen molar-refractivity contribution in [1.82, 2.24) is 5.32 Å². The van der Waals surface area contributed by atoms with Crippen molar-refractivity contribution >= 4 is 0 Å². The first-order chi connectivity index (χ1) is 9.42. The first-order valence-corrected chi connectivity index (χ1v) is 6.83. The fourth-order valence-electron chi connectivity index (χ4n) is 2.35. The lowest BCUT2D eigenvalue weighted by molar-refractivity contribution is 0.292. The number of aliphatic hydroxyl groups is 1. The largest absolute Gasteiger partial charge is 0.395 e. The molecule has 0 radical (unpaired) electrons. The van der Waals surface area contributed by atoms with Crippen LogP contribution in [0.5, 0.6) is 0 Å². The quantitative estimate of drug-likeness (QED) is 0.746. The summed E-state index contributed by atoms with van der Waals surface area (Å²) in [6, 6.07) is 21.2. The predicted molar refractivity (Wildman–Crippen MR) is 79.3 cm³/mol. The molecule has 2 aromatic rings.